The Morgan fingerprint density at radius 2 is 2.18 bits per heavy atom. The van der Waals surface area contributed by atoms with E-state index < -0.39 is 14.1 Å². The van der Waals surface area contributed by atoms with Crippen LogP contribution in [0.3, 0.4) is 0 Å². The molecular weight excluding hydrogens is 171 g/mol. The molecule has 6 heteroatoms. The lowest BCUT2D eigenvalue weighted by molar-refractivity contribution is -0.0582. The van der Waals surface area contributed by atoms with Crippen molar-refractivity contribution >= 4 is 7.82 Å². The molecule has 2 unspecified atom stereocenters. The molecule has 0 aliphatic heterocycles. The summed E-state index contributed by atoms with van der Waals surface area (Å²) in [5, 5.41) is 0. The Morgan fingerprint density at radius 1 is 1.64 bits per heavy atom. The molecule has 0 aliphatic rings. The molecule has 68 valence electrons. The Bertz CT molecular complexity index is 148. The molecule has 0 aromatic rings. The molecule has 0 radical (unpaired) electrons. The highest BCUT2D eigenvalue weighted by molar-refractivity contribution is 7.47. The molecule has 0 bridgehead atoms. The number of phosphoric ester groups is 1. The van der Waals surface area contributed by atoms with Gasteiger partial charge in [0, 0.05) is 7.11 Å². The van der Waals surface area contributed by atoms with Crippen molar-refractivity contribution in [3.8, 4) is 0 Å². The van der Waals surface area contributed by atoms with Gasteiger partial charge in [-0.05, 0) is 13.8 Å². The summed E-state index contributed by atoms with van der Waals surface area (Å²) in [6.07, 6.45) is -0.739. The second kappa shape index (κ2) is 4.85. The standard InChI is InChI=1S/C5H13O5P/c1-4-9-11(6,7)10-5(2)8-3/h5H,4H2,1-3H3,(H,6,7). The van der Waals surface area contributed by atoms with E-state index in [1.54, 1.807) is 6.92 Å². The van der Waals surface area contributed by atoms with Crippen molar-refractivity contribution in [1.29, 1.82) is 0 Å². The van der Waals surface area contributed by atoms with E-state index in [0.29, 0.717) is 0 Å². The SMILES string of the molecule is CCOP(=O)(O)OC(C)OC. The fraction of sp³-hybridized carbons (Fsp3) is 1.00. The molecule has 0 spiro atoms. The summed E-state index contributed by atoms with van der Waals surface area (Å²) in [5.41, 5.74) is 0. The topological polar surface area (TPSA) is 65.0 Å². The van der Waals surface area contributed by atoms with Crippen molar-refractivity contribution in [3.63, 3.8) is 0 Å². The number of rotatable bonds is 5. The maximum Gasteiger partial charge on any atom is 0.474 e. The average Bonchev–Trinajstić information content (AvgIpc) is 1.86. The molecule has 0 aromatic carbocycles. The van der Waals surface area contributed by atoms with Gasteiger partial charge in [0.15, 0.2) is 6.29 Å². The second-order valence-electron chi connectivity index (χ2n) is 1.80. The third kappa shape index (κ3) is 5.35. The molecule has 2 atom stereocenters. The molecule has 0 amide bonds. The normalized spacial score (nSPS) is 19.3. The van der Waals surface area contributed by atoms with Gasteiger partial charge in [0.25, 0.3) is 0 Å². The quantitative estimate of drug-likeness (QED) is 0.512. The smallest absolute Gasteiger partial charge is 0.356 e. The Morgan fingerprint density at radius 3 is 2.55 bits per heavy atom. The Kier molecular flexibility index (Phi) is 4.88. The Hall–Kier alpha value is 0.0700. The Labute approximate surface area is 65.9 Å². The van der Waals surface area contributed by atoms with Crippen molar-refractivity contribution in [2.24, 2.45) is 0 Å². The van der Waals surface area contributed by atoms with Gasteiger partial charge >= 0.3 is 7.82 Å². The molecule has 11 heavy (non-hydrogen) atoms. The highest BCUT2D eigenvalue weighted by Crippen LogP contribution is 2.44. The summed E-state index contributed by atoms with van der Waals surface area (Å²) in [7, 11) is -2.52. The van der Waals surface area contributed by atoms with E-state index in [1.165, 1.54) is 14.0 Å². The van der Waals surface area contributed by atoms with Crippen LogP contribution in [0, 0.1) is 0 Å². The van der Waals surface area contributed by atoms with Gasteiger partial charge in [-0.3, -0.25) is 9.05 Å². The van der Waals surface area contributed by atoms with E-state index in [4.69, 9.17) is 4.89 Å². The molecule has 5 nitrogen and oxygen atoms in total. The van der Waals surface area contributed by atoms with Crippen LogP contribution < -0.4 is 0 Å². The van der Waals surface area contributed by atoms with Crippen LogP contribution in [0.1, 0.15) is 13.8 Å². The molecule has 0 heterocycles. The summed E-state index contributed by atoms with van der Waals surface area (Å²) in [6, 6.07) is 0. The zero-order valence-electron chi connectivity index (χ0n) is 6.81. The van der Waals surface area contributed by atoms with Crippen LogP contribution in [0.15, 0.2) is 0 Å². The van der Waals surface area contributed by atoms with Crippen molar-refractivity contribution in [1.82, 2.24) is 0 Å². The van der Waals surface area contributed by atoms with Crippen LogP contribution in [-0.4, -0.2) is 24.9 Å². The largest absolute Gasteiger partial charge is 0.474 e. The predicted molar refractivity (Wildman–Crippen MR) is 39.0 cm³/mol. The lowest BCUT2D eigenvalue weighted by Gasteiger charge is -2.14. The predicted octanol–water partition coefficient (Wildman–Crippen LogP) is 1.13. The second-order valence-corrected chi connectivity index (χ2v) is 3.20. The van der Waals surface area contributed by atoms with Crippen molar-refractivity contribution in [2.45, 2.75) is 20.1 Å². The van der Waals surface area contributed by atoms with Gasteiger partial charge in [-0.1, -0.05) is 0 Å². The van der Waals surface area contributed by atoms with Crippen LogP contribution in [0.2, 0.25) is 0 Å². The molecule has 0 aromatic heterocycles. The molecular formula is C5H13O5P. The van der Waals surface area contributed by atoms with E-state index in [2.05, 4.69) is 13.8 Å². The van der Waals surface area contributed by atoms with Crippen LogP contribution in [-0.2, 0) is 18.3 Å². The van der Waals surface area contributed by atoms with Gasteiger partial charge in [0.1, 0.15) is 0 Å². The Balaban J connectivity index is 3.81. The summed E-state index contributed by atoms with van der Waals surface area (Å²) in [4.78, 5) is 8.85. The number of methoxy groups -OCH3 is 1. The third-order valence-electron chi connectivity index (χ3n) is 0.906. The minimum Gasteiger partial charge on any atom is -0.356 e. The van der Waals surface area contributed by atoms with Gasteiger partial charge in [-0.2, -0.15) is 0 Å². The average molecular weight is 184 g/mol. The number of ether oxygens (including phenoxy) is 1. The van der Waals surface area contributed by atoms with Crippen LogP contribution >= 0.6 is 7.82 Å². The van der Waals surface area contributed by atoms with Crippen molar-refractivity contribution < 1.29 is 23.2 Å². The van der Waals surface area contributed by atoms with Gasteiger partial charge in [-0.15, -0.1) is 0 Å². The summed E-state index contributed by atoms with van der Waals surface area (Å²) in [5.74, 6) is 0. The summed E-state index contributed by atoms with van der Waals surface area (Å²) >= 11 is 0. The maximum absolute atomic E-state index is 10.8. The molecule has 0 fully saturated rings. The fourth-order valence-electron chi connectivity index (χ4n) is 0.424. The molecule has 0 saturated carbocycles. The van der Waals surface area contributed by atoms with E-state index in [0.717, 1.165) is 0 Å². The molecule has 0 rings (SSSR count). The molecule has 0 aliphatic carbocycles. The first-order valence-electron chi connectivity index (χ1n) is 3.20. The van der Waals surface area contributed by atoms with Gasteiger partial charge in [0.2, 0.25) is 0 Å². The van der Waals surface area contributed by atoms with Crippen LogP contribution in [0.5, 0.6) is 0 Å². The first-order valence-corrected chi connectivity index (χ1v) is 4.70. The third-order valence-corrected chi connectivity index (χ3v) is 2.05. The number of hydrogen-bond acceptors (Lipinski definition) is 4. The number of phosphoric acid groups is 1. The molecule has 0 saturated heterocycles. The minimum atomic E-state index is -3.89. The number of hydrogen-bond donors (Lipinski definition) is 1. The van der Waals surface area contributed by atoms with Gasteiger partial charge < -0.3 is 9.63 Å². The lowest BCUT2D eigenvalue weighted by Crippen LogP contribution is -2.09. The van der Waals surface area contributed by atoms with Gasteiger partial charge in [0.05, 0.1) is 6.61 Å². The van der Waals surface area contributed by atoms with Crippen LogP contribution in [0.25, 0.3) is 0 Å². The van der Waals surface area contributed by atoms with E-state index in [1.807, 2.05) is 0 Å². The zero-order chi connectivity index (χ0) is 8.91. The lowest BCUT2D eigenvalue weighted by atomic mass is 10.8. The zero-order valence-corrected chi connectivity index (χ0v) is 7.71. The van der Waals surface area contributed by atoms with E-state index in [-0.39, 0.29) is 6.61 Å². The van der Waals surface area contributed by atoms with Crippen LogP contribution in [0.4, 0.5) is 0 Å². The van der Waals surface area contributed by atoms with E-state index in [9.17, 15) is 4.57 Å². The van der Waals surface area contributed by atoms with Crippen molar-refractivity contribution in [3.05, 3.63) is 0 Å². The molecule has 1 N–H and O–H groups in total. The summed E-state index contributed by atoms with van der Waals surface area (Å²) in [6.45, 7) is 3.23. The minimum absolute atomic E-state index is 0.129. The van der Waals surface area contributed by atoms with Crippen molar-refractivity contribution in [2.75, 3.05) is 13.7 Å². The monoisotopic (exact) mass is 184 g/mol. The highest BCUT2D eigenvalue weighted by atomic mass is 31.2. The van der Waals surface area contributed by atoms with E-state index >= 15 is 0 Å². The maximum atomic E-state index is 10.8. The highest BCUT2D eigenvalue weighted by Gasteiger charge is 2.23. The fourth-order valence-corrected chi connectivity index (χ4v) is 1.27. The first-order chi connectivity index (χ1) is 5.02. The summed E-state index contributed by atoms with van der Waals surface area (Å²) < 4.78 is 24.3. The first kappa shape index (κ1) is 11.1. The van der Waals surface area contributed by atoms with Gasteiger partial charge in [-0.25, -0.2) is 4.57 Å².